The summed E-state index contributed by atoms with van der Waals surface area (Å²) in [5, 5.41) is 3.64. The van der Waals surface area contributed by atoms with Gasteiger partial charge in [0.1, 0.15) is 18.1 Å². The number of fused-ring (bicyclic) bond motifs is 1. The molecule has 0 aliphatic carbocycles. The second kappa shape index (κ2) is 8.02. The third-order valence-electron chi connectivity index (χ3n) is 4.56. The summed E-state index contributed by atoms with van der Waals surface area (Å²) in [7, 11) is 0. The Labute approximate surface area is 153 Å². The van der Waals surface area contributed by atoms with Crippen LogP contribution in [0.15, 0.2) is 73.1 Å². The molecule has 0 bridgehead atoms. The average molecular weight is 346 g/mol. The second-order valence-corrected chi connectivity index (χ2v) is 6.40. The first-order valence-corrected chi connectivity index (χ1v) is 8.94. The maximum atomic E-state index is 5.81. The van der Waals surface area contributed by atoms with E-state index >= 15 is 0 Å². The van der Waals surface area contributed by atoms with Crippen molar-refractivity contribution < 1.29 is 9.47 Å². The Hall–Kier alpha value is -2.85. The van der Waals surface area contributed by atoms with Gasteiger partial charge in [0.15, 0.2) is 0 Å². The highest BCUT2D eigenvalue weighted by Crippen LogP contribution is 2.31. The zero-order chi connectivity index (χ0) is 17.6. The summed E-state index contributed by atoms with van der Waals surface area (Å²) >= 11 is 0. The van der Waals surface area contributed by atoms with Gasteiger partial charge in [-0.3, -0.25) is 4.98 Å². The fourth-order valence-corrected chi connectivity index (χ4v) is 3.15. The number of benzene rings is 2. The van der Waals surface area contributed by atoms with Crippen LogP contribution in [0.2, 0.25) is 0 Å². The van der Waals surface area contributed by atoms with E-state index in [1.54, 1.807) is 6.20 Å². The molecule has 0 radical (unpaired) electrons. The Kier molecular flexibility index (Phi) is 5.12. The maximum absolute atomic E-state index is 5.81. The van der Waals surface area contributed by atoms with Crippen molar-refractivity contribution in [2.24, 2.45) is 0 Å². The average Bonchev–Trinajstić information content (AvgIpc) is 2.72. The number of ether oxygens (including phenoxy) is 2. The fourth-order valence-electron chi connectivity index (χ4n) is 3.15. The van der Waals surface area contributed by atoms with Crippen molar-refractivity contribution in [3.63, 3.8) is 0 Å². The first-order chi connectivity index (χ1) is 12.9. The van der Waals surface area contributed by atoms with E-state index in [1.165, 1.54) is 11.1 Å². The quantitative estimate of drug-likeness (QED) is 0.724. The van der Waals surface area contributed by atoms with Crippen molar-refractivity contribution in [1.29, 1.82) is 0 Å². The second-order valence-electron chi connectivity index (χ2n) is 6.40. The van der Waals surface area contributed by atoms with Crippen LogP contribution in [0.4, 0.5) is 0 Å². The third-order valence-corrected chi connectivity index (χ3v) is 4.56. The Morgan fingerprint density at radius 2 is 1.88 bits per heavy atom. The topological polar surface area (TPSA) is 43.4 Å². The molecule has 132 valence electrons. The molecule has 2 aromatic carbocycles. The summed E-state index contributed by atoms with van der Waals surface area (Å²) in [5.74, 6) is 1.87. The molecule has 1 atom stereocenters. The Morgan fingerprint density at radius 1 is 1.00 bits per heavy atom. The molecule has 2 heterocycles. The lowest BCUT2D eigenvalue weighted by atomic mass is 10.0. The van der Waals surface area contributed by atoms with Crippen LogP contribution in [0.3, 0.4) is 0 Å². The van der Waals surface area contributed by atoms with Gasteiger partial charge in [-0.25, -0.2) is 0 Å². The first kappa shape index (κ1) is 16.6. The molecule has 4 rings (SSSR count). The van der Waals surface area contributed by atoms with E-state index in [0.29, 0.717) is 12.6 Å². The molecule has 1 aliphatic heterocycles. The summed E-state index contributed by atoms with van der Waals surface area (Å²) in [4.78, 5) is 4.10. The van der Waals surface area contributed by atoms with Crippen LogP contribution in [0.5, 0.6) is 11.5 Å². The van der Waals surface area contributed by atoms with Crippen LogP contribution < -0.4 is 14.8 Å². The van der Waals surface area contributed by atoms with E-state index in [4.69, 9.17) is 9.47 Å². The molecule has 1 N–H and O–H groups in total. The van der Waals surface area contributed by atoms with Crippen LogP contribution in [-0.4, -0.2) is 11.6 Å². The van der Waals surface area contributed by atoms with Gasteiger partial charge in [0.2, 0.25) is 0 Å². The van der Waals surface area contributed by atoms with Crippen molar-refractivity contribution in [3.8, 4) is 11.5 Å². The number of nitrogens with zero attached hydrogens (tertiary/aromatic N) is 1. The molecule has 0 unspecified atom stereocenters. The van der Waals surface area contributed by atoms with E-state index in [2.05, 4.69) is 34.6 Å². The molecule has 4 nitrogen and oxygen atoms in total. The van der Waals surface area contributed by atoms with Crippen molar-refractivity contribution in [2.45, 2.75) is 25.6 Å². The van der Waals surface area contributed by atoms with E-state index in [1.807, 2.05) is 42.6 Å². The molecule has 4 heteroatoms. The highest BCUT2D eigenvalue weighted by atomic mass is 16.5. The predicted octanol–water partition coefficient (Wildman–Crippen LogP) is 4.27. The summed E-state index contributed by atoms with van der Waals surface area (Å²) < 4.78 is 11.5. The molecule has 26 heavy (non-hydrogen) atoms. The van der Waals surface area contributed by atoms with Gasteiger partial charge < -0.3 is 14.8 Å². The van der Waals surface area contributed by atoms with E-state index in [0.717, 1.165) is 36.6 Å². The first-order valence-electron chi connectivity index (χ1n) is 8.94. The molecule has 0 amide bonds. The number of rotatable bonds is 6. The molecule has 0 saturated heterocycles. The van der Waals surface area contributed by atoms with Crippen molar-refractivity contribution in [3.05, 3.63) is 89.7 Å². The van der Waals surface area contributed by atoms with Gasteiger partial charge in [0, 0.05) is 42.5 Å². The monoisotopic (exact) mass is 346 g/mol. The van der Waals surface area contributed by atoms with E-state index in [-0.39, 0.29) is 0 Å². The minimum absolute atomic E-state index is 0.335. The number of nitrogens with one attached hydrogen (secondary N) is 1. The van der Waals surface area contributed by atoms with Crippen LogP contribution in [-0.2, 0) is 13.2 Å². The zero-order valence-electron chi connectivity index (χ0n) is 14.6. The Bertz CT molecular complexity index is 834. The minimum atomic E-state index is 0.335. The Balaban J connectivity index is 1.32. The summed E-state index contributed by atoms with van der Waals surface area (Å²) in [5.41, 5.74) is 3.55. The normalized spacial score (nSPS) is 15.8. The van der Waals surface area contributed by atoms with Gasteiger partial charge in [-0.1, -0.05) is 36.4 Å². The Morgan fingerprint density at radius 3 is 2.73 bits per heavy atom. The van der Waals surface area contributed by atoms with E-state index < -0.39 is 0 Å². The molecule has 0 saturated carbocycles. The number of para-hydroxylation sites is 1. The number of hydrogen-bond donors (Lipinski definition) is 1. The number of hydrogen-bond acceptors (Lipinski definition) is 4. The molecule has 1 aromatic heterocycles. The van der Waals surface area contributed by atoms with Crippen LogP contribution in [0.1, 0.15) is 29.2 Å². The molecule has 0 fully saturated rings. The molecule has 1 aliphatic rings. The van der Waals surface area contributed by atoms with Crippen LogP contribution >= 0.6 is 0 Å². The number of pyridine rings is 1. The maximum Gasteiger partial charge on any atom is 0.124 e. The fraction of sp³-hybridized carbons (Fsp3) is 0.227. The van der Waals surface area contributed by atoms with Gasteiger partial charge in [0.25, 0.3) is 0 Å². The van der Waals surface area contributed by atoms with Crippen LogP contribution in [0, 0.1) is 0 Å². The van der Waals surface area contributed by atoms with Gasteiger partial charge in [-0.05, 0) is 29.8 Å². The van der Waals surface area contributed by atoms with Crippen molar-refractivity contribution in [2.75, 3.05) is 6.61 Å². The lowest BCUT2D eigenvalue weighted by Crippen LogP contribution is -2.26. The smallest absolute Gasteiger partial charge is 0.124 e. The van der Waals surface area contributed by atoms with Crippen molar-refractivity contribution in [1.82, 2.24) is 10.3 Å². The lowest BCUT2D eigenvalue weighted by molar-refractivity contribution is 0.252. The van der Waals surface area contributed by atoms with Gasteiger partial charge in [0.05, 0.1) is 6.61 Å². The SMILES string of the molecule is c1cncc(COc2ccc(CN[C@@H]3CCOc4ccccc43)cc2)c1. The highest BCUT2D eigenvalue weighted by Gasteiger charge is 2.20. The minimum Gasteiger partial charge on any atom is -0.493 e. The van der Waals surface area contributed by atoms with Crippen molar-refractivity contribution >= 4 is 0 Å². The zero-order valence-corrected chi connectivity index (χ0v) is 14.6. The van der Waals surface area contributed by atoms with Gasteiger partial charge >= 0.3 is 0 Å². The molecular weight excluding hydrogens is 324 g/mol. The molecule has 0 spiro atoms. The summed E-state index contributed by atoms with van der Waals surface area (Å²) in [6.07, 6.45) is 4.58. The lowest BCUT2D eigenvalue weighted by Gasteiger charge is -2.26. The largest absolute Gasteiger partial charge is 0.493 e. The summed E-state index contributed by atoms with van der Waals surface area (Å²) in [6.45, 7) is 2.11. The number of aromatic nitrogens is 1. The van der Waals surface area contributed by atoms with Gasteiger partial charge in [-0.15, -0.1) is 0 Å². The third kappa shape index (κ3) is 4.03. The molecular formula is C22H22N2O2. The highest BCUT2D eigenvalue weighted by molar-refractivity contribution is 5.37. The van der Waals surface area contributed by atoms with Crippen LogP contribution in [0.25, 0.3) is 0 Å². The predicted molar refractivity (Wildman–Crippen MR) is 101 cm³/mol. The standard InChI is InChI=1S/C22H22N2O2/c1-2-6-22-20(5-1)21(11-13-25-22)24-15-17-7-9-19(10-8-17)26-16-18-4-3-12-23-14-18/h1-10,12,14,21,24H,11,13,15-16H2/t21-/m1/s1. The molecule has 3 aromatic rings. The van der Waals surface area contributed by atoms with Gasteiger partial charge in [-0.2, -0.15) is 0 Å². The summed E-state index contributed by atoms with van der Waals surface area (Å²) in [6, 6.07) is 20.8. The van der Waals surface area contributed by atoms with E-state index in [9.17, 15) is 0 Å².